The maximum atomic E-state index is 12.7. The molecule has 2 aliphatic rings. The quantitative estimate of drug-likeness (QED) is 0.709. The average Bonchev–Trinajstić information content (AvgIpc) is 3.08. The molecule has 8 nitrogen and oxygen atoms in total. The molecule has 1 saturated carbocycles. The predicted octanol–water partition coefficient (Wildman–Crippen LogP) is 2.66. The Morgan fingerprint density at radius 3 is 2.89 bits per heavy atom. The Hall–Kier alpha value is -2.94. The minimum Gasteiger partial charge on any atom is -0.332 e. The Morgan fingerprint density at radius 2 is 2.14 bits per heavy atom. The Balaban J connectivity index is 1.35. The third kappa shape index (κ3) is 3.01. The number of carbonyl (C=O) groups is 2. The van der Waals surface area contributed by atoms with Crippen molar-refractivity contribution >= 4 is 39.2 Å². The van der Waals surface area contributed by atoms with E-state index in [2.05, 4.69) is 20.7 Å². The molecule has 2 aromatic heterocycles. The smallest absolute Gasteiger partial charge is 0.319 e. The Labute approximate surface area is 165 Å². The second kappa shape index (κ2) is 6.59. The number of likely N-dealkylation sites (tertiary alicyclic amines) is 1. The molecule has 0 radical (unpaired) electrons. The zero-order valence-electron chi connectivity index (χ0n) is 15.3. The molecule has 3 amide bonds. The zero-order chi connectivity index (χ0) is 19.3. The van der Waals surface area contributed by atoms with Gasteiger partial charge in [-0.1, -0.05) is 0 Å². The third-order valence-corrected chi connectivity index (χ3v) is 6.16. The standard InChI is InChI=1S/C19H20N6O2S/c1-24-15(6-7-21-24)18-14(9-17(26)25(18)12-3-4-12)23-19(27)22-11-2-5-13-16(8-11)28-10-20-13/h2,5-8,10,12,14,18H,3-4,9H2,1H3,(H2,22,23,27)/t14-,18-/m1/s1. The average molecular weight is 396 g/mol. The summed E-state index contributed by atoms with van der Waals surface area (Å²) < 4.78 is 2.80. The number of aryl methyl sites for hydroxylation is 1. The summed E-state index contributed by atoms with van der Waals surface area (Å²) in [6.07, 6.45) is 4.07. The van der Waals surface area contributed by atoms with Crippen LogP contribution in [0.15, 0.2) is 36.0 Å². The fourth-order valence-corrected chi connectivity index (χ4v) is 4.68. The monoisotopic (exact) mass is 396 g/mol. The second-order valence-electron chi connectivity index (χ2n) is 7.30. The van der Waals surface area contributed by atoms with Gasteiger partial charge in [-0.25, -0.2) is 9.78 Å². The highest BCUT2D eigenvalue weighted by Gasteiger charge is 2.48. The molecule has 2 atom stereocenters. The maximum Gasteiger partial charge on any atom is 0.319 e. The van der Waals surface area contributed by atoms with Gasteiger partial charge in [0.2, 0.25) is 5.91 Å². The highest BCUT2D eigenvalue weighted by Crippen LogP contribution is 2.41. The Morgan fingerprint density at radius 1 is 1.29 bits per heavy atom. The van der Waals surface area contributed by atoms with Gasteiger partial charge in [-0.15, -0.1) is 11.3 Å². The number of thiazole rings is 1. The number of nitrogens with zero attached hydrogens (tertiary/aromatic N) is 4. The van der Waals surface area contributed by atoms with Gasteiger partial charge in [0.05, 0.1) is 33.5 Å². The van der Waals surface area contributed by atoms with Gasteiger partial charge >= 0.3 is 6.03 Å². The first kappa shape index (κ1) is 17.2. The van der Waals surface area contributed by atoms with Crippen molar-refractivity contribution in [3.05, 3.63) is 41.7 Å². The molecule has 1 aliphatic carbocycles. The summed E-state index contributed by atoms with van der Waals surface area (Å²) in [6, 6.07) is 7.01. The summed E-state index contributed by atoms with van der Waals surface area (Å²) in [5, 5.41) is 10.1. The van der Waals surface area contributed by atoms with Gasteiger partial charge in [-0.2, -0.15) is 5.10 Å². The third-order valence-electron chi connectivity index (χ3n) is 5.37. The Kier molecular flexibility index (Phi) is 4.04. The van der Waals surface area contributed by atoms with Crippen molar-refractivity contribution in [2.75, 3.05) is 5.32 Å². The van der Waals surface area contributed by atoms with Gasteiger partial charge in [0.15, 0.2) is 0 Å². The first-order valence-corrected chi connectivity index (χ1v) is 10.2. The van der Waals surface area contributed by atoms with E-state index in [4.69, 9.17) is 0 Å². The number of hydrogen-bond acceptors (Lipinski definition) is 5. The molecule has 1 saturated heterocycles. The lowest BCUT2D eigenvalue weighted by molar-refractivity contribution is -0.129. The van der Waals surface area contributed by atoms with Crippen LogP contribution in [0.3, 0.4) is 0 Å². The van der Waals surface area contributed by atoms with Crippen molar-refractivity contribution in [3.8, 4) is 0 Å². The largest absolute Gasteiger partial charge is 0.332 e. The van der Waals surface area contributed by atoms with Crippen LogP contribution in [0.25, 0.3) is 10.2 Å². The van der Waals surface area contributed by atoms with Gasteiger partial charge in [-0.05, 0) is 37.1 Å². The van der Waals surface area contributed by atoms with Crippen molar-refractivity contribution in [1.82, 2.24) is 25.0 Å². The van der Waals surface area contributed by atoms with Gasteiger partial charge < -0.3 is 15.5 Å². The van der Waals surface area contributed by atoms with Crippen LogP contribution in [0.2, 0.25) is 0 Å². The lowest BCUT2D eigenvalue weighted by Gasteiger charge is -2.28. The molecule has 0 bridgehead atoms. The molecule has 3 heterocycles. The number of amides is 3. The van der Waals surface area contributed by atoms with Crippen LogP contribution < -0.4 is 10.6 Å². The number of nitrogens with one attached hydrogen (secondary N) is 2. The van der Waals surface area contributed by atoms with E-state index < -0.39 is 0 Å². The van der Waals surface area contributed by atoms with Gasteiger partial charge in [-0.3, -0.25) is 9.48 Å². The molecule has 2 fully saturated rings. The summed E-state index contributed by atoms with van der Waals surface area (Å²) in [5.74, 6) is 0.0880. The summed E-state index contributed by atoms with van der Waals surface area (Å²) >= 11 is 1.53. The number of rotatable bonds is 4. The summed E-state index contributed by atoms with van der Waals surface area (Å²) in [4.78, 5) is 31.5. The van der Waals surface area contributed by atoms with Crippen molar-refractivity contribution in [1.29, 1.82) is 0 Å². The van der Waals surface area contributed by atoms with E-state index >= 15 is 0 Å². The highest BCUT2D eigenvalue weighted by molar-refractivity contribution is 7.16. The van der Waals surface area contributed by atoms with Crippen molar-refractivity contribution in [2.24, 2.45) is 7.05 Å². The van der Waals surface area contributed by atoms with Crippen LogP contribution in [-0.4, -0.2) is 43.7 Å². The van der Waals surface area contributed by atoms with Crippen molar-refractivity contribution in [2.45, 2.75) is 37.4 Å². The van der Waals surface area contributed by atoms with Crippen molar-refractivity contribution < 1.29 is 9.59 Å². The van der Waals surface area contributed by atoms with Crippen LogP contribution in [0.4, 0.5) is 10.5 Å². The highest BCUT2D eigenvalue weighted by atomic mass is 32.1. The van der Waals surface area contributed by atoms with Crippen LogP contribution >= 0.6 is 11.3 Å². The molecule has 28 heavy (non-hydrogen) atoms. The molecule has 1 aromatic carbocycles. The molecule has 1 aliphatic heterocycles. The van der Waals surface area contributed by atoms with E-state index in [-0.39, 0.29) is 30.1 Å². The number of urea groups is 1. The summed E-state index contributed by atoms with van der Waals surface area (Å²) in [5.41, 5.74) is 4.33. The van der Waals surface area contributed by atoms with Crippen molar-refractivity contribution in [3.63, 3.8) is 0 Å². The molecule has 144 valence electrons. The molecule has 0 unspecified atom stereocenters. The first-order chi connectivity index (χ1) is 13.6. The topological polar surface area (TPSA) is 92.1 Å². The number of fused-ring (bicyclic) bond motifs is 1. The molecular weight excluding hydrogens is 376 g/mol. The van der Waals surface area contributed by atoms with Gasteiger partial charge in [0.25, 0.3) is 0 Å². The van der Waals surface area contributed by atoms with Gasteiger partial charge in [0.1, 0.15) is 0 Å². The van der Waals surface area contributed by atoms with E-state index in [1.54, 1.807) is 16.4 Å². The van der Waals surface area contributed by atoms with Crippen LogP contribution in [0, 0.1) is 0 Å². The normalized spacial score (nSPS) is 22.0. The molecule has 0 spiro atoms. The van der Waals surface area contributed by atoms with E-state index in [0.29, 0.717) is 12.1 Å². The number of hydrogen-bond donors (Lipinski definition) is 2. The van der Waals surface area contributed by atoms with Crippen LogP contribution in [0.5, 0.6) is 0 Å². The zero-order valence-corrected chi connectivity index (χ0v) is 16.1. The minimum atomic E-state index is -0.313. The molecule has 9 heteroatoms. The SMILES string of the molecule is Cn1nccc1[C@H]1[C@H](NC(=O)Nc2ccc3ncsc3c2)CC(=O)N1C1CC1. The van der Waals surface area contributed by atoms with Gasteiger partial charge in [0, 0.05) is 31.4 Å². The van der Waals surface area contributed by atoms with Crippen LogP contribution in [-0.2, 0) is 11.8 Å². The minimum absolute atomic E-state index is 0.0880. The number of carbonyl (C=O) groups excluding carboxylic acids is 2. The maximum absolute atomic E-state index is 12.7. The number of benzene rings is 1. The van der Waals surface area contributed by atoms with E-state index in [1.165, 1.54) is 11.3 Å². The van der Waals surface area contributed by atoms with E-state index in [1.807, 2.05) is 36.2 Å². The Bertz CT molecular complexity index is 1060. The van der Waals surface area contributed by atoms with Crippen LogP contribution in [0.1, 0.15) is 31.0 Å². The predicted molar refractivity (Wildman–Crippen MR) is 106 cm³/mol. The molecule has 5 rings (SSSR count). The second-order valence-corrected chi connectivity index (χ2v) is 8.19. The first-order valence-electron chi connectivity index (χ1n) is 9.30. The summed E-state index contributed by atoms with van der Waals surface area (Å²) in [6.45, 7) is 0. The fraction of sp³-hybridized carbons (Fsp3) is 0.368. The lowest BCUT2D eigenvalue weighted by atomic mass is 10.1. The molecule has 2 N–H and O–H groups in total. The number of aromatic nitrogens is 3. The summed E-state index contributed by atoms with van der Waals surface area (Å²) in [7, 11) is 1.87. The van der Waals surface area contributed by atoms with E-state index in [0.717, 1.165) is 28.8 Å². The lowest BCUT2D eigenvalue weighted by Crippen LogP contribution is -2.43. The fourth-order valence-electron chi connectivity index (χ4n) is 3.96. The number of anilines is 1. The molecular formula is C19H20N6O2S. The van der Waals surface area contributed by atoms with E-state index in [9.17, 15) is 9.59 Å². The molecule has 3 aromatic rings.